The van der Waals surface area contributed by atoms with Crippen LogP contribution in [0.25, 0.3) is 0 Å². The molecule has 0 bridgehead atoms. The molecule has 1 atom stereocenters. The van der Waals surface area contributed by atoms with E-state index in [1.807, 2.05) is 0 Å². The fourth-order valence-corrected chi connectivity index (χ4v) is 1.79. The second-order valence-corrected chi connectivity index (χ2v) is 4.31. The Morgan fingerprint density at radius 3 is 2.53 bits per heavy atom. The molecule has 0 aromatic heterocycles. The summed E-state index contributed by atoms with van der Waals surface area (Å²) in [6, 6.07) is 5.91. The van der Waals surface area contributed by atoms with Crippen LogP contribution in [0.4, 0.5) is 4.39 Å². The first kappa shape index (κ1) is 14.9. The second kappa shape index (κ2) is 6.72. The van der Waals surface area contributed by atoms with Crippen molar-refractivity contribution >= 4 is 11.7 Å². The summed E-state index contributed by atoms with van der Waals surface area (Å²) in [5.41, 5.74) is 6.29. The van der Waals surface area contributed by atoms with Crippen molar-refractivity contribution in [2.24, 2.45) is 16.8 Å². The highest BCUT2D eigenvalue weighted by molar-refractivity contribution is 6.01. The van der Waals surface area contributed by atoms with Crippen LogP contribution in [0.15, 0.2) is 29.4 Å². The van der Waals surface area contributed by atoms with Gasteiger partial charge in [0, 0.05) is 13.6 Å². The lowest BCUT2D eigenvalue weighted by atomic mass is 10.0. The van der Waals surface area contributed by atoms with Gasteiger partial charge in [-0.25, -0.2) is 4.39 Å². The summed E-state index contributed by atoms with van der Waals surface area (Å²) in [6.45, 7) is 2.13. The molecule has 5 nitrogen and oxygen atoms in total. The molecule has 6 heteroatoms. The molecular formula is C13H18FN3O2. The number of amidine groups is 1. The van der Waals surface area contributed by atoms with Crippen LogP contribution in [0.1, 0.15) is 18.9 Å². The number of benzene rings is 1. The lowest BCUT2D eigenvalue weighted by Gasteiger charge is -2.22. The van der Waals surface area contributed by atoms with Crippen molar-refractivity contribution in [1.82, 2.24) is 4.90 Å². The average Bonchev–Trinajstić information content (AvgIpc) is 2.41. The number of rotatable bonds is 5. The number of nitrogens with zero attached hydrogens (tertiary/aromatic N) is 2. The number of hydrogen-bond donors (Lipinski definition) is 2. The molecule has 0 spiro atoms. The summed E-state index contributed by atoms with van der Waals surface area (Å²) in [5, 5.41) is 11.5. The number of hydrogen-bond acceptors (Lipinski definition) is 3. The molecule has 0 fully saturated rings. The van der Waals surface area contributed by atoms with Gasteiger partial charge in [-0.1, -0.05) is 24.2 Å². The van der Waals surface area contributed by atoms with Crippen molar-refractivity contribution in [2.45, 2.75) is 19.9 Å². The number of halogens is 1. The van der Waals surface area contributed by atoms with Gasteiger partial charge < -0.3 is 15.8 Å². The highest BCUT2D eigenvalue weighted by Gasteiger charge is 2.24. The van der Waals surface area contributed by atoms with Crippen LogP contribution < -0.4 is 5.73 Å². The topological polar surface area (TPSA) is 78.9 Å². The van der Waals surface area contributed by atoms with E-state index in [2.05, 4.69) is 5.16 Å². The molecule has 0 heterocycles. The van der Waals surface area contributed by atoms with Crippen LogP contribution in [0, 0.1) is 11.7 Å². The molecule has 1 aromatic rings. The summed E-state index contributed by atoms with van der Waals surface area (Å²) >= 11 is 0. The van der Waals surface area contributed by atoms with Crippen molar-refractivity contribution in [1.29, 1.82) is 0 Å². The van der Waals surface area contributed by atoms with E-state index in [9.17, 15) is 9.18 Å². The van der Waals surface area contributed by atoms with Gasteiger partial charge in [-0.05, 0) is 24.1 Å². The van der Waals surface area contributed by atoms with Crippen molar-refractivity contribution in [3.63, 3.8) is 0 Å². The maximum Gasteiger partial charge on any atom is 0.233 e. The van der Waals surface area contributed by atoms with Crippen molar-refractivity contribution in [2.75, 3.05) is 7.05 Å². The molecule has 0 aliphatic carbocycles. The Labute approximate surface area is 111 Å². The van der Waals surface area contributed by atoms with E-state index in [1.165, 1.54) is 17.0 Å². The zero-order valence-electron chi connectivity index (χ0n) is 11.0. The molecule has 1 amide bonds. The molecule has 1 rings (SSSR count). The summed E-state index contributed by atoms with van der Waals surface area (Å²) in [6.07, 6.45) is 0.447. The standard InChI is InChI=1S/C13H18FN3O2/c1-3-11(12(15)16-19)13(18)17(2)8-9-4-6-10(14)7-5-9/h4-7,11,19H,3,8H2,1-2H3,(H2,15,16). The number of carbonyl (C=O) groups excluding carboxylic acids is 1. The Morgan fingerprint density at radius 2 is 2.05 bits per heavy atom. The van der Waals surface area contributed by atoms with Crippen molar-refractivity contribution in [3.05, 3.63) is 35.6 Å². The van der Waals surface area contributed by atoms with Crippen molar-refractivity contribution in [3.8, 4) is 0 Å². The predicted molar refractivity (Wildman–Crippen MR) is 70.1 cm³/mol. The third kappa shape index (κ3) is 3.94. The highest BCUT2D eigenvalue weighted by atomic mass is 19.1. The van der Waals surface area contributed by atoms with E-state index in [4.69, 9.17) is 10.9 Å². The van der Waals surface area contributed by atoms with Gasteiger partial charge in [0.15, 0.2) is 5.84 Å². The van der Waals surface area contributed by atoms with Crippen LogP contribution in [-0.4, -0.2) is 28.9 Å². The maximum absolute atomic E-state index is 12.8. The fourth-order valence-electron chi connectivity index (χ4n) is 1.79. The first-order valence-electron chi connectivity index (χ1n) is 5.96. The maximum atomic E-state index is 12.8. The van der Waals surface area contributed by atoms with Crippen LogP contribution in [0.2, 0.25) is 0 Å². The Bertz CT molecular complexity index is 459. The number of nitrogens with two attached hydrogens (primary N) is 1. The van der Waals surface area contributed by atoms with E-state index in [0.29, 0.717) is 13.0 Å². The van der Waals surface area contributed by atoms with E-state index in [1.54, 1.807) is 26.1 Å². The normalized spacial score (nSPS) is 13.1. The smallest absolute Gasteiger partial charge is 0.233 e. The SMILES string of the molecule is CCC(C(=O)N(C)Cc1ccc(F)cc1)C(N)=NO. The molecule has 19 heavy (non-hydrogen) atoms. The van der Waals surface area contributed by atoms with Gasteiger partial charge in [-0.15, -0.1) is 0 Å². The minimum Gasteiger partial charge on any atom is -0.409 e. The molecule has 0 aliphatic rings. The predicted octanol–water partition coefficient (Wildman–Crippen LogP) is 1.56. The van der Waals surface area contributed by atoms with Gasteiger partial charge in [0.2, 0.25) is 5.91 Å². The molecular weight excluding hydrogens is 249 g/mol. The number of amides is 1. The minimum atomic E-state index is -0.643. The van der Waals surface area contributed by atoms with Gasteiger partial charge in [0.05, 0.1) is 5.92 Å². The van der Waals surface area contributed by atoms with E-state index < -0.39 is 5.92 Å². The second-order valence-electron chi connectivity index (χ2n) is 4.31. The molecule has 0 saturated carbocycles. The molecule has 0 aliphatic heterocycles. The third-order valence-electron chi connectivity index (χ3n) is 2.89. The van der Waals surface area contributed by atoms with Crippen LogP contribution >= 0.6 is 0 Å². The quantitative estimate of drug-likeness (QED) is 0.368. The van der Waals surface area contributed by atoms with Crippen LogP contribution in [-0.2, 0) is 11.3 Å². The van der Waals surface area contributed by atoms with Crippen molar-refractivity contribution < 1.29 is 14.4 Å². The van der Waals surface area contributed by atoms with Gasteiger partial charge in [-0.2, -0.15) is 0 Å². The summed E-state index contributed by atoms with van der Waals surface area (Å²) in [5.74, 6) is -1.29. The Balaban J connectivity index is 2.74. The highest BCUT2D eigenvalue weighted by Crippen LogP contribution is 2.11. The van der Waals surface area contributed by atoms with Gasteiger partial charge in [0.1, 0.15) is 5.82 Å². The molecule has 1 aromatic carbocycles. The monoisotopic (exact) mass is 267 g/mol. The molecule has 0 radical (unpaired) electrons. The van der Waals surface area contributed by atoms with E-state index in [0.717, 1.165) is 5.56 Å². The molecule has 0 saturated heterocycles. The summed E-state index contributed by atoms with van der Waals surface area (Å²) in [4.78, 5) is 13.6. The largest absolute Gasteiger partial charge is 0.409 e. The van der Waals surface area contributed by atoms with E-state index >= 15 is 0 Å². The minimum absolute atomic E-state index is 0.0987. The Morgan fingerprint density at radius 1 is 1.47 bits per heavy atom. The lowest BCUT2D eigenvalue weighted by Crippen LogP contribution is -2.39. The van der Waals surface area contributed by atoms with Crippen LogP contribution in [0.3, 0.4) is 0 Å². The number of carbonyl (C=O) groups is 1. The average molecular weight is 267 g/mol. The molecule has 3 N–H and O–H groups in total. The Kier molecular flexibility index (Phi) is 5.29. The number of oxime groups is 1. The summed E-state index contributed by atoms with van der Waals surface area (Å²) < 4.78 is 12.8. The molecule has 104 valence electrons. The van der Waals surface area contributed by atoms with Crippen LogP contribution in [0.5, 0.6) is 0 Å². The van der Waals surface area contributed by atoms with Gasteiger partial charge >= 0.3 is 0 Å². The zero-order valence-corrected chi connectivity index (χ0v) is 11.0. The third-order valence-corrected chi connectivity index (χ3v) is 2.89. The van der Waals surface area contributed by atoms with Gasteiger partial charge in [0.25, 0.3) is 0 Å². The summed E-state index contributed by atoms with van der Waals surface area (Å²) in [7, 11) is 1.62. The zero-order chi connectivity index (χ0) is 14.4. The first-order valence-corrected chi connectivity index (χ1v) is 5.96. The van der Waals surface area contributed by atoms with E-state index in [-0.39, 0.29) is 17.6 Å². The van der Waals surface area contributed by atoms with Gasteiger partial charge in [-0.3, -0.25) is 4.79 Å². The Hall–Kier alpha value is -2.11. The lowest BCUT2D eigenvalue weighted by molar-refractivity contribution is -0.132. The first-order chi connectivity index (χ1) is 8.99. The molecule has 1 unspecified atom stereocenters. The fraction of sp³-hybridized carbons (Fsp3) is 0.385.